The summed E-state index contributed by atoms with van der Waals surface area (Å²) in [5.74, 6) is -0.313. The maximum atomic E-state index is 12.8. The zero-order chi connectivity index (χ0) is 24.1. The maximum Gasteiger partial charge on any atom is 0.416 e. The van der Waals surface area contributed by atoms with Gasteiger partial charge in [-0.1, -0.05) is 42.5 Å². The lowest BCUT2D eigenvalue weighted by molar-refractivity contribution is -0.138. The van der Waals surface area contributed by atoms with Gasteiger partial charge < -0.3 is 9.84 Å². The number of ether oxygens (including phenoxy) is 1. The lowest BCUT2D eigenvalue weighted by Crippen LogP contribution is -2.15. The van der Waals surface area contributed by atoms with Gasteiger partial charge in [0, 0.05) is 12.4 Å². The fourth-order valence-corrected chi connectivity index (χ4v) is 3.64. The summed E-state index contributed by atoms with van der Waals surface area (Å²) >= 11 is 0. The molecule has 1 atom stereocenters. The minimum Gasteiger partial charge on any atom is -0.489 e. The summed E-state index contributed by atoms with van der Waals surface area (Å²) < 4.78 is 45.9. The van der Waals surface area contributed by atoms with Crippen molar-refractivity contribution in [2.75, 3.05) is 0 Å². The lowest BCUT2D eigenvalue weighted by Gasteiger charge is -2.17. The van der Waals surface area contributed by atoms with Crippen molar-refractivity contribution >= 4 is 5.97 Å². The molecule has 34 heavy (non-hydrogen) atoms. The second-order valence-electron chi connectivity index (χ2n) is 7.73. The summed E-state index contributed by atoms with van der Waals surface area (Å²) in [5, 5.41) is 13.4. The summed E-state index contributed by atoms with van der Waals surface area (Å²) in [6, 6.07) is 20.9. The van der Waals surface area contributed by atoms with Gasteiger partial charge in [-0.25, -0.2) is 0 Å². The molecule has 1 aromatic heterocycles. The molecule has 0 bridgehead atoms. The number of carbonyl (C=O) groups is 1. The fraction of sp³-hybridized carbons (Fsp3) is 0.154. The Bertz CT molecular complexity index is 1240. The standard InChI is InChI=1S/C26H21F3N2O3/c27-26(28,29)22-9-5-19(6-10-22)21-4-1-3-18(15-21)17-34-23-11-7-20(8-12-23)24(16-25(32)33)31-14-2-13-30-31/h1-15,24H,16-17H2,(H,32,33). The number of hydrogen-bond donors (Lipinski definition) is 1. The molecule has 0 aliphatic carbocycles. The zero-order valence-electron chi connectivity index (χ0n) is 17.9. The summed E-state index contributed by atoms with van der Waals surface area (Å²) in [7, 11) is 0. The number of benzene rings is 3. The number of carboxylic acids is 1. The van der Waals surface area contributed by atoms with Crippen LogP contribution in [0.1, 0.15) is 29.2 Å². The number of halogens is 3. The molecule has 5 nitrogen and oxygen atoms in total. The molecule has 0 amide bonds. The minimum atomic E-state index is -4.37. The smallest absolute Gasteiger partial charge is 0.416 e. The van der Waals surface area contributed by atoms with Gasteiger partial charge in [0.15, 0.2) is 0 Å². The average molecular weight is 466 g/mol. The van der Waals surface area contributed by atoms with Crippen molar-refractivity contribution < 1.29 is 27.8 Å². The average Bonchev–Trinajstić information content (AvgIpc) is 3.36. The van der Waals surface area contributed by atoms with Crippen molar-refractivity contribution in [2.24, 2.45) is 0 Å². The van der Waals surface area contributed by atoms with Crippen molar-refractivity contribution in [1.29, 1.82) is 0 Å². The van der Waals surface area contributed by atoms with Gasteiger partial charge in [-0.15, -0.1) is 0 Å². The largest absolute Gasteiger partial charge is 0.489 e. The van der Waals surface area contributed by atoms with E-state index < -0.39 is 23.8 Å². The van der Waals surface area contributed by atoms with E-state index in [1.54, 1.807) is 35.3 Å². The molecular weight excluding hydrogens is 445 g/mol. The van der Waals surface area contributed by atoms with Gasteiger partial charge in [0.05, 0.1) is 18.0 Å². The first kappa shape index (κ1) is 23.1. The van der Waals surface area contributed by atoms with E-state index in [0.717, 1.165) is 28.8 Å². The normalized spacial score (nSPS) is 12.3. The van der Waals surface area contributed by atoms with E-state index in [-0.39, 0.29) is 13.0 Å². The van der Waals surface area contributed by atoms with Gasteiger partial charge in [-0.05, 0) is 58.7 Å². The minimum absolute atomic E-state index is 0.0986. The highest BCUT2D eigenvalue weighted by molar-refractivity contribution is 5.68. The second kappa shape index (κ2) is 9.82. The highest BCUT2D eigenvalue weighted by Gasteiger charge is 2.30. The predicted molar refractivity (Wildman–Crippen MR) is 120 cm³/mol. The Labute approximate surface area is 194 Å². The number of rotatable bonds is 8. The molecule has 4 rings (SSSR count). The molecule has 0 fully saturated rings. The van der Waals surface area contributed by atoms with E-state index in [1.165, 1.54) is 12.1 Å². The third-order valence-corrected chi connectivity index (χ3v) is 5.36. The first-order valence-corrected chi connectivity index (χ1v) is 10.5. The van der Waals surface area contributed by atoms with Crippen molar-refractivity contribution in [3.8, 4) is 16.9 Å². The Morgan fingerprint density at radius 2 is 1.71 bits per heavy atom. The first-order chi connectivity index (χ1) is 16.3. The summed E-state index contributed by atoms with van der Waals surface area (Å²) in [6.45, 7) is 0.269. The molecule has 0 saturated carbocycles. The second-order valence-corrected chi connectivity index (χ2v) is 7.73. The number of nitrogens with zero attached hydrogens (tertiary/aromatic N) is 2. The molecule has 1 heterocycles. The van der Waals surface area contributed by atoms with Gasteiger partial charge in [-0.2, -0.15) is 18.3 Å². The lowest BCUT2D eigenvalue weighted by atomic mass is 10.0. The number of aliphatic carboxylic acids is 1. The molecule has 0 radical (unpaired) electrons. The predicted octanol–water partition coefficient (Wildman–Crippen LogP) is 6.21. The van der Waals surface area contributed by atoms with E-state index in [9.17, 15) is 23.1 Å². The van der Waals surface area contributed by atoms with Crippen LogP contribution in [0.5, 0.6) is 5.75 Å². The number of aromatic nitrogens is 2. The third-order valence-electron chi connectivity index (χ3n) is 5.36. The van der Waals surface area contributed by atoms with Crippen LogP contribution in [0.25, 0.3) is 11.1 Å². The number of carboxylic acid groups (broad SMARTS) is 1. The van der Waals surface area contributed by atoms with E-state index in [2.05, 4.69) is 5.10 Å². The van der Waals surface area contributed by atoms with Crippen molar-refractivity contribution in [2.45, 2.75) is 25.2 Å². The van der Waals surface area contributed by atoms with Crippen LogP contribution in [0.15, 0.2) is 91.3 Å². The molecule has 0 aliphatic heterocycles. The highest BCUT2D eigenvalue weighted by atomic mass is 19.4. The Morgan fingerprint density at radius 3 is 2.32 bits per heavy atom. The number of alkyl halides is 3. The molecule has 1 N–H and O–H groups in total. The molecule has 0 saturated heterocycles. The van der Waals surface area contributed by atoms with E-state index in [4.69, 9.17) is 4.74 Å². The van der Waals surface area contributed by atoms with Crippen LogP contribution in [0, 0.1) is 0 Å². The highest BCUT2D eigenvalue weighted by Crippen LogP contribution is 2.31. The van der Waals surface area contributed by atoms with Gasteiger partial charge in [0.1, 0.15) is 12.4 Å². The summed E-state index contributed by atoms with van der Waals surface area (Å²) in [5.41, 5.74) is 2.45. The van der Waals surface area contributed by atoms with Gasteiger partial charge in [0.25, 0.3) is 0 Å². The third kappa shape index (κ3) is 5.64. The first-order valence-electron chi connectivity index (χ1n) is 10.5. The molecular formula is C26H21F3N2O3. The van der Waals surface area contributed by atoms with Gasteiger partial charge >= 0.3 is 12.1 Å². The van der Waals surface area contributed by atoms with Crippen LogP contribution in [0.3, 0.4) is 0 Å². The quantitative estimate of drug-likeness (QED) is 0.335. The zero-order valence-corrected chi connectivity index (χ0v) is 17.9. The topological polar surface area (TPSA) is 64.3 Å². The van der Waals surface area contributed by atoms with Crippen LogP contribution >= 0.6 is 0 Å². The summed E-state index contributed by atoms with van der Waals surface area (Å²) in [4.78, 5) is 11.3. The Hall–Kier alpha value is -4.07. The van der Waals surface area contributed by atoms with Crippen LogP contribution < -0.4 is 4.74 Å². The van der Waals surface area contributed by atoms with E-state index >= 15 is 0 Å². The van der Waals surface area contributed by atoms with Crippen LogP contribution in [-0.2, 0) is 17.6 Å². The molecule has 174 valence electrons. The molecule has 1 unspecified atom stereocenters. The van der Waals surface area contributed by atoms with E-state index in [0.29, 0.717) is 11.3 Å². The Morgan fingerprint density at radius 1 is 0.971 bits per heavy atom. The number of hydrogen-bond acceptors (Lipinski definition) is 3. The molecule has 0 spiro atoms. The van der Waals surface area contributed by atoms with Crippen molar-refractivity contribution in [3.05, 3.63) is 108 Å². The fourth-order valence-electron chi connectivity index (χ4n) is 3.64. The SMILES string of the molecule is O=C(O)CC(c1ccc(OCc2cccc(-c3ccc(C(F)(F)F)cc3)c2)cc1)n1cccn1. The van der Waals surface area contributed by atoms with Gasteiger partial charge in [0.2, 0.25) is 0 Å². The van der Waals surface area contributed by atoms with Crippen molar-refractivity contribution in [1.82, 2.24) is 9.78 Å². The molecule has 0 aliphatic rings. The summed E-state index contributed by atoms with van der Waals surface area (Å²) in [6.07, 6.45) is -1.14. The van der Waals surface area contributed by atoms with Crippen molar-refractivity contribution in [3.63, 3.8) is 0 Å². The Kier molecular flexibility index (Phi) is 6.67. The van der Waals surface area contributed by atoms with E-state index in [1.807, 2.05) is 36.4 Å². The van der Waals surface area contributed by atoms with Gasteiger partial charge in [-0.3, -0.25) is 9.48 Å². The monoisotopic (exact) mass is 466 g/mol. The van der Waals surface area contributed by atoms with Crippen LogP contribution in [0.2, 0.25) is 0 Å². The maximum absolute atomic E-state index is 12.8. The Balaban J connectivity index is 1.43. The molecule has 8 heteroatoms. The van der Waals surface area contributed by atoms with Crippen LogP contribution in [-0.4, -0.2) is 20.9 Å². The van der Waals surface area contributed by atoms with Crippen LogP contribution in [0.4, 0.5) is 13.2 Å². The molecule has 4 aromatic rings. The molecule has 3 aromatic carbocycles.